The molecule has 1 fully saturated rings. The highest BCUT2D eigenvalue weighted by Crippen LogP contribution is 2.33. The van der Waals surface area contributed by atoms with Crippen LogP contribution in [0.2, 0.25) is 5.02 Å². The number of ether oxygens (including phenoxy) is 2. The van der Waals surface area contributed by atoms with Crippen molar-refractivity contribution in [3.8, 4) is 0 Å². The lowest BCUT2D eigenvalue weighted by molar-refractivity contribution is -0.176. The van der Waals surface area contributed by atoms with Crippen molar-refractivity contribution in [3.63, 3.8) is 0 Å². The predicted octanol–water partition coefficient (Wildman–Crippen LogP) is 3.98. The molecule has 12 heteroatoms. The van der Waals surface area contributed by atoms with Gasteiger partial charge in [0.15, 0.2) is 27.2 Å². The number of rotatable bonds is 10. The van der Waals surface area contributed by atoms with E-state index in [1.54, 1.807) is 0 Å². The Morgan fingerprint density at radius 2 is 1.88 bits per heavy atom. The molecule has 1 aliphatic rings. The predicted molar refractivity (Wildman–Crippen MR) is 117 cm³/mol. The van der Waals surface area contributed by atoms with Gasteiger partial charge in [-0.3, -0.25) is 14.4 Å². The molecule has 2 rings (SSSR count). The first-order valence-corrected chi connectivity index (χ1v) is 12.8. The average Bonchev–Trinajstić information content (AvgIpc) is 2.68. The summed E-state index contributed by atoms with van der Waals surface area (Å²) >= 11 is 6.23. The van der Waals surface area contributed by atoms with Crippen molar-refractivity contribution in [2.75, 3.05) is 19.5 Å². The summed E-state index contributed by atoms with van der Waals surface area (Å²) in [6.45, 7) is 1.70. The van der Waals surface area contributed by atoms with Gasteiger partial charge < -0.3 is 9.47 Å². The van der Waals surface area contributed by atoms with Crippen molar-refractivity contribution in [2.24, 2.45) is 11.8 Å². The van der Waals surface area contributed by atoms with Crippen LogP contribution in [-0.2, 0) is 35.5 Å². The van der Waals surface area contributed by atoms with E-state index < -0.39 is 68.5 Å². The quantitative estimate of drug-likeness (QED) is 0.335. The molecule has 0 N–H and O–H groups in total. The van der Waals surface area contributed by atoms with E-state index in [-0.39, 0.29) is 30.6 Å². The second-order valence-electron chi connectivity index (χ2n) is 8.53. The fraction of sp³-hybridized carbons (Fsp3) is 0.591. The molecule has 7 nitrogen and oxygen atoms in total. The molecule has 2 unspecified atom stereocenters. The Kier molecular flexibility index (Phi) is 9.43. The molecule has 0 aromatic heterocycles. The van der Waals surface area contributed by atoms with Crippen molar-refractivity contribution in [1.29, 1.82) is 0 Å². The second kappa shape index (κ2) is 11.3. The third kappa shape index (κ3) is 7.34. The minimum atomic E-state index is -4.67. The Balaban J connectivity index is 2.37. The molecule has 1 aromatic carbocycles. The highest BCUT2D eigenvalue weighted by molar-refractivity contribution is 7.90. The van der Waals surface area contributed by atoms with E-state index in [2.05, 4.69) is 4.74 Å². The summed E-state index contributed by atoms with van der Waals surface area (Å²) in [5.74, 6) is -3.68. The number of sulfone groups is 1. The molecule has 0 aliphatic heterocycles. The Hall–Kier alpha value is -1.82. The van der Waals surface area contributed by atoms with E-state index in [0.29, 0.717) is 12.3 Å². The maximum Gasteiger partial charge on any atom is 0.411 e. The van der Waals surface area contributed by atoms with Gasteiger partial charge in [-0.05, 0) is 30.9 Å². The van der Waals surface area contributed by atoms with Crippen LogP contribution in [0.1, 0.15) is 49.0 Å². The van der Waals surface area contributed by atoms with Crippen LogP contribution in [-0.4, -0.2) is 57.5 Å². The van der Waals surface area contributed by atoms with E-state index in [4.69, 9.17) is 16.3 Å². The van der Waals surface area contributed by atoms with E-state index in [1.165, 1.54) is 0 Å². The summed E-state index contributed by atoms with van der Waals surface area (Å²) < 4.78 is 71.8. The fourth-order valence-electron chi connectivity index (χ4n) is 3.49. The van der Waals surface area contributed by atoms with Crippen LogP contribution in [0.4, 0.5) is 13.2 Å². The van der Waals surface area contributed by atoms with Crippen LogP contribution in [0.5, 0.6) is 0 Å². The number of carbonyl (C=O) groups excluding carboxylic acids is 3. The third-order valence-corrected chi connectivity index (χ3v) is 6.84. The van der Waals surface area contributed by atoms with Gasteiger partial charge >= 0.3 is 6.18 Å². The normalized spacial score (nSPS) is 19.6. The highest BCUT2D eigenvalue weighted by Gasteiger charge is 2.43. The summed E-state index contributed by atoms with van der Waals surface area (Å²) in [5.41, 5.74) is -0.714. The number of halogens is 4. The molecule has 34 heavy (non-hydrogen) atoms. The van der Waals surface area contributed by atoms with Gasteiger partial charge in [-0.15, -0.1) is 0 Å². The third-order valence-electron chi connectivity index (χ3n) is 5.23. The van der Waals surface area contributed by atoms with Gasteiger partial charge in [0.25, 0.3) is 0 Å². The van der Waals surface area contributed by atoms with Crippen LogP contribution in [0, 0.1) is 11.8 Å². The molecule has 190 valence electrons. The lowest BCUT2D eigenvalue weighted by atomic mass is 9.80. The fourth-order valence-corrected chi connectivity index (χ4v) is 4.78. The van der Waals surface area contributed by atoms with Crippen LogP contribution in [0.25, 0.3) is 0 Å². The number of hydrogen-bond donors (Lipinski definition) is 0. The number of ketones is 3. The first-order valence-electron chi connectivity index (χ1n) is 10.5. The maximum atomic E-state index is 13.2. The number of benzene rings is 1. The van der Waals surface area contributed by atoms with E-state index in [0.717, 1.165) is 18.4 Å². The van der Waals surface area contributed by atoms with Crippen molar-refractivity contribution in [3.05, 3.63) is 28.3 Å². The first-order chi connectivity index (χ1) is 15.6. The zero-order chi connectivity index (χ0) is 25.8. The molecular weight excluding hydrogens is 501 g/mol. The van der Waals surface area contributed by atoms with Gasteiger partial charge in [-0.1, -0.05) is 25.4 Å². The van der Waals surface area contributed by atoms with Gasteiger partial charge in [0.05, 0.1) is 16.5 Å². The number of carbonyl (C=O) groups is 3. The van der Waals surface area contributed by atoms with Crippen LogP contribution in [0.15, 0.2) is 17.0 Å². The van der Waals surface area contributed by atoms with Crippen LogP contribution >= 0.6 is 11.6 Å². The molecule has 0 amide bonds. The standard InChI is InChI=1S/C22H26ClF3O7S/c1-12(2)8-9-33-16-6-5-15(27)18(21(16)29)20(28)13-4-7-17(34(3,30)31)14(19(13)23)10-32-11-22(24,25)26/h4,7,12,16,18H,5-6,8-11H2,1-3H3. The van der Waals surface area contributed by atoms with E-state index in [9.17, 15) is 36.0 Å². The summed E-state index contributed by atoms with van der Waals surface area (Å²) in [7, 11) is -3.95. The molecule has 0 heterocycles. The summed E-state index contributed by atoms with van der Waals surface area (Å²) in [4.78, 5) is 38.1. The van der Waals surface area contributed by atoms with Crippen molar-refractivity contribution < 1.29 is 45.4 Å². The van der Waals surface area contributed by atoms with Gasteiger partial charge in [-0.2, -0.15) is 13.2 Å². The average molecular weight is 527 g/mol. The number of Topliss-reactive ketones (excluding diaryl/α,β-unsaturated/α-hetero) is 3. The van der Waals surface area contributed by atoms with Crippen molar-refractivity contribution in [2.45, 2.75) is 56.9 Å². The number of hydrogen-bond acceptors (Lipinski definition) is 7. The zero-order valence-corrected chi connectivity index (χ0v) is 20.5. The Bertz CT molecular complexity index is 1050. The van der Waals surface area contributed by atoms with E-state index in [1.807, 2.05) is 13.8 Å². The summed E-state index contributed by atoms with van der Waals surface area (Å²) in [6, 6.07) is 2.03. The molecule has 0 saturated heterocycles. The molecule has 0 spiro atoms. The molecule has 0 radical (unpaired) electrons. The Labute approximate surface area is 200 Å². The van der Waals surface area contributed by atoms with Gasteiger partial charge in [0.1, 0.15) is 18.6 Å². The van der Waals surface area contributed by atoms with Gasteiger partial charge in [-0.25, -0.2) is 8.42 Å². The topological polar surface area (TPSA) is 104 Å². The molecular formula is C22H26ClF3O7S. The zero-order valence-electron chi connectivity index (χ0n) is 18.9. The van der Waals surface area contributed by atoms with Crippen molar-refractivity contribution >= 4 is 38.8 Å². The molecule has 1 aromatic rings. The SMILES string of the molecule is CC(C)CCOC1CCC(=O)C(C(=O)c2ccc(S(C)(=O)=O)c(COCC(F)(F)F)c2Cl)C1=O. The number of alkyl halides is 3. The summed E-state index contributed by atoms with van der Waals surface area (Å²) in [6.07, 6.45) is -4.06. The molecule has 0 bridgehead atoms. The Morgan fingerprint density at radius 3 is 2.44 bits per heavy atom. The Morgan fingerprint density at radius 1 is 1.24 bits per heavy atom. The maximum absolute atomic E-state index is 13.2. The van der Waals surface area contributed by atoms with Crippen molar-refractivity contribution in [1.82, 2.24) is 0 Å². The van der Waals surface area contributed by atoms with E-state index >= 15 is 0 Å². The largest absolute Gasteiger partial charge is 0.411 e. The lowest BCUT2D eigenvalue weighted by Crippen LogP contribution is -2.44. The highest BCUT2D eigenvalue weighted by atomic mass is 35.5. The molecule has 2 atom stereocenters. The first kappa shape index (κ1) is 28.4. The minimum absolute atomic E-state index is 0.0743. The molecule has 1 aliphatic carbocycles. The van der Waals surface area contributed by atoms with Crippen LogP contribution in [0.3, 0.4) is 0 Å². The smallest absolute Gasteiger partial charge is 0.370 e. The molecule has 1 saturated carbocycles. The monoisotopic (exact) mass is 526 g/mol. The minimum Gasteiger partial charge on any atom is -0.370 e. The summed E-state index contributed by atoms with van der Waals surface area (Å²) in [5, 5.41) is -0.487. The lowest BCUT2D eigenvalue weighted by Gasteiger charge is -2.27. The van der Waals surface area contributed by atoms with Gasteiger partial charge in [0, 0.05) is 30.4 Å². The van der Waals surface area contributed by atoms with Crippen LogP contribution < -0.4 is 0 Å². The van der Waals surface area contributed by atoms with Gasteiger partial charge in [0.2, 0.25) is 0 Å². The second-order valence-corrected chi connectivity index (χ2v) is 10.9.